The van der Waals surface area contributed by atoms with E-state index in [1.165, 1.54) is 0 Å². The van der Waals surface area contributed by atoms with E-state index in [1.54, 1.807) is 28.2 Å². The van der Waals surface area contributed by atoms with E-state index in [9.17, 15) is 8.42 Å². The van der Waals surface area contributed by atoms with E-state index < -0.39 is 15.0 Å². The van der Waals surface area contributed by atoms with Crippen LogP contribution in [0, 0.1) is 6.92 Å². The van der Waals surface area contributed by atoms with Crippen LogP contribution in [-0.4, -0.2) is 50.5 Å². The fourth-order valence-corrected chi connectivity index (χ4v) is 8.51. The van der Waals surface area contributed by atoms with E-state index in [4.69, 9.17) is 4.74 Å². The molecule has 0 amide bonds. The van der Waals surface area contributed by atoms with Gasteiger partial charge in [0.05, 0.1) is 18.1 Å². The van der Waals surface area contributed by atoms with E-state index in [1.807, 2.05) is 67.6 Å². The molecule has 3 aromatic carbocycles. The number of morpholine rings is 1. The summed E-state index contributed by atoms with van der Waals surface area (Å²) in [4.78, 5) is 1.76. The van der Waals surface area contributed by atoms with Crippen molar-refractivity contribution in [1.29, 1.82) is 0 Å². The van der Waals surface area contributed by atoms with Crippen molar-refractivity contribution in [2.75, 3.05) is 32.8 Å². The first-order chi connectivity index (χ1) is 16.0. The third-order valence-corrected chi connectivity index (χ3v) is 10.1. The molecule has 0 spiro atoms. The average molecular weight is 481 g/mol. The van der Waals surface area contributed by atoms with Gasteiger partial charge in [-0.3, -0.25) is 4.90 Å². The SMILES string of the molecule is Cc1ccc(S(=O)(=O)N2CC(c3ccccc3)SC2(c2ccccc2)N2CCOCC2)cc1. The maximum Gasteiger partial charge on any atom is 0.245 e. The minimum absolute atomic E-state index is 0.00877. The van der Waals surface area contributed by atoms with E-state index in [0.717, 1.165) is 16.7 Å². The molecule has 2 unspecified atom stereocenters. The summed E-state index contributed by atoms with van der Waals surface area (Å²) >= 11 is 1.72. The van der Waals surface area contributed by atoms with Crippen LogP contribution in [0.3, 0.4) is 0 Å². The molecule has 5 rings (SSSR count). The number of sulfonamides is 1. The number of aryl methyl sites for hydroxylation is 1. The molecule has 3 aromatic rings. The molecule has 7 heteroatoms. The van der Waals surface area contributed by atoms with Gasteiger partial charge in [0, 0.05) is 24.9 Å². The first-order valence-electron chi connectivity index (χ1n) is 11.2. The van der Waals surface area contributed by atoms with Crippen molar-refractivity contribution in [1.82, 2.24) is 9.21 Å². The van der Waals surface area contributed by atoms with Gasteiger partial charge in [0.2, 0.25) is 10.0 Å². The molecule has 172 valence electrons. The summed E-state index contributed by atoms with van der Waals surface area (Å²) in [6.45, 7) is 4.88. The third kappa shape index (κ3) is 4.13. The number of hydrogen-bond donors (Lipinski definition) is 0. The van der Waals surface area contributed by atoms with Gasteiger partial charge in [-0.25, -0.2) is 8.42 Å². The van der Waals surface area contributed by atoms with Crippen molar-refractivity contribution in [3.05, 3.63) is 102 Å². The number of ether oxygens (including phenoxy) is 1. The second-order valence-corrected chi connectivity index (χ2v) is 11.7. The predicted octanol–water partition coefficient (Wildman–Crippen LogP) is 4.62. The summed E-state index contributed by atoms with van der Waals surface area (Å²) in [5, 5.41) is 0.00877. The first-order valence-corrected chi connectivity index (χ1v) is 13.5. The van der Waals surface area contributed by atoms with Gasteiger partial charge in [-0.15, -0.1) is 11.8 Å². The van der Waals surface area contributed by atoms with Crippen LogP contribution in [0.4, 0.5) is 0 Å². The molecule has 2 aliphatic heterocycles. The van der Waals surface area contributed by atoms with Crippen molar-refractivity contribution in [2.24, 2.45) is 0 Å². The smallest absolute Gasteiger partial charge is 0.245 e. The lowest BCUT2D eigenvalue weighted by Gasteiger charge is -2.47. The fraction of sp³-hybridized carbons (Fsp3) is 0.308. The van der Waals surface area contributed by atoms with Gasteiger partial charge in [0.15, 0.2) is 4.99 Å². The fourth-order valence-electron chi connectivity index (χ4n) is 4.66. The normalized spacial score (nSPS) is 24.7. The molecule has 0 saturated carbocycles. The van der Waals surface area contributed by atoms with Crippen LogP contribution >= 0.6 is 11.8 Å². The van der Waals surface area contributed by atoms with Crippen molar-refractivity contribution in [3.63, 3.8) is 0 Å². The van der Waals surface area contributed by atoms with Crippen molar-refractivity contribution < 1.29 is 13.2 Å². The molecule has 0 N–H and O–H groups in total. The Labute approximate surface area is 200 Å². The molecule has 33 heavy (non-hydrogen) atoms. The second-order valence-electron chi connectivity index (χ2n) is 8.44. The van der Waals surface area contributed by atoms with Crippen LogP contribution in [0.15, 0.2) is 89.8 Å². The zero-order chi connectivity index (χ0) is 22.9. The molecule has 0 aliphatic carbocycles. The number of thioether (sulfide) groups is 1. The Kier molecular flexibility index (Phi) is 6.33. The highest BCUT2D eigenvalue weighted by Crippen LogP contribution is 2.58. The molecular formula is C26H28N2O3S2. The summed E-state index contributed by atoms with van der Waals surface area (Å²) in [6, 6.07) is 27.4. The summed E-state index contributed by atoms with van der Waals surface area (Å²) < 4.78 is 35.8. The molecule has 0 aromatic heterocycles. The highest BCUT2D eigenvalue weighted by atomic mass is 32.2. The highest BCUT2D eigenvalue weighted by Gasteiger charge is 2.57. The van der Waals surface area contributed by atoms with Gasteiger partial charge in [0.1, 0.15) is 0 Å². The molecule has 0 bridgehead atoms. The lowest BCUT2D eigenvalue weighted by molar-refractivity contribution is -0.0237. The largest absolute Gasteiger partial charge is 0.379 e. The van der Waals surface area contributed by atoms with Gasteiger partial charge >= 0.3 is 0 Å². The lowest BCUT2D eigenvalue weighted by Crippen LogP contribution is -2.58. The number of nitrogens with zero attached hydrogens (tertiary/aromatic N) is 2. The minimum Gasteiger partial charge on any atom is -0.379 e. The van der Waals surface area contributed by atoms with Crippen molar-refractivity contribution in [3.8, 4) is 0 Å². The van der Waals surface area contributed by atoms with Crippen molar-refractivity contribution in [2.45, 2.75) is 22.1 Å². The van der Waals surface area contributed by atoms with Crippen LogP contribution in [0.5, 0.6) is 0 Å². The van der Waals surface area contributed by atoms with Crippen molar-refractivity contribution >= 4 is 21.8 Å². The summed E-state index contributed by atoms with van der Waals surface area (Å²) in [6.07, 6.45) is 0. The maximum atomic E-state index is 14.2. The van der Waals surface area contributed by atoms with E-state index >= 15 is 0 Å². The van der Waals surface area contributed by atoms with E-state index in [0.29, 0.717) is 37.7 Å². The van der Waals surface area contributed by atoms with Crippen LogP contribution in [0.25, 0.3) is 0 Å². The van der Waals surface area contributed by atoms with Gasteiger partial charge in [-0.2, -0.15) is 4.31 Å². The minimum atomic E-state index is -3.77. The standard InChI is InChI=1S/C26H28N2O3S2/c1-21-12-14-24(15-13-21)33(29,30)28-20-25(22-8-4-2-5-9-22)32-26(28,23-10-6-3-7-11-23)27-16-18-31-19-17-27/h2-15,25H,16-20H2,1H3. The second kappa shape index (κ2) is 9.24. The molecule has 0 radical (unpaired) electrons. The molecule has 2 saturated heterocycles. The van der Waals surface area contributed by atoms with Gasteiger partial charge in [0.25, 0.3) is 0 Å². The molecule has 2 aliphatic rings. The van der Waals surface area contributed by atoms with Crippen LogP contribution in [0.2, 0.25) is 0 Å². The monoisotopic (exact) mass is 480 g/mol. The van der Waals surface area contributed by atoms with E-state index in [2.05, 4.69) is 17.0 Å². The van der Waals surface area contributed by atoms with Crippen LogP contribution in [-0.2, 0) is 19.8 Å². The Hall–Kier alpha value is -2.16. The van der Waals surface area contributed by atoms with E-state index in [-0.39, 0.29) is 5.25 Å². The topological polar surface area (TPSA) is 49.9 Å². The molecule has 2 fully saturated rings. The molecular weight excluding hydrogens is 452 g/mol. The zero-order valence-electron chi connectivity index (χ0n) is 18.6. The maximum absolute atomic E-state index is 14.2. The van der Waals surface area contributed by atoms with Gasteiger partial charge in [-0.1, -0.05) is 78.4 Å². The van der Waals surface area contributed by atoms with Crippen LogP contribution in [0.1, 0.15) is 21.9 Å². The summed E-state index contributed by atoms with van der Waals surface area (Å²) in [5.41, 5.74) is 3.15. The number of hydrogen-bond acceptors (Lipinski definition) is 5. The number of benzene rings is 3. The van der Waals surface area contributed by atoms with Gasteiger partial charge in [-0.05, 0) is 30.2 Å². The Bertz CT molecular complexity index is 1180. The lowest BCUT2D eigenvalue weighted by atomic mass is 10.1. The summed E-state index contributed by atoms with van der Waals surface area (Å²) in [5.74, 6) is 0. The Morgan fingerprint density at radius 3 is 2.12 bits per heavy atom. The predicted molar refractivity (Wildman–Crippen MR) is 132 cm³/mol. The third-order valence-electron chi connectivity index (χ3n) is 6.35. The highest BCUT2D eigenvalue weighted by molar-refractivity contribution is 8.01. The van der Waals surface area contributed by atoms with Crippen LogP contribution < -0.4 is 0 Å². The Morgan fingerprint density at radius 2 is 1.48 bits per heavy atom. The molecule has 2 heterocycles. The van der Waals surface area contributed by atoms with Gasteiger partial charge < -0.3 is 4.74 Å². The zero-order valence-corrected chi connectivity index (χ0v) is 20.3. The summed E-state index contributed by atoms with van der Waals surface area (Å²) in [7, 11) is -3.77. The quantitative estimate of drug-likeness (QED) is 0.534. The Morgan fingerprint density at radius 1 is 0.879 bits per heavy atom. The Balaban J connectivity index is 1.69. The molecule has 5 nitrogen and oxygen atoms in total. The first kappa shape index (κ1) is 22.6. The average Bonchev–Trinajstić information content (AvgIpc) is 3.29. The number of rotatable bonds is 5. The molecule has 2 atom stereocenters.